The summed E-state index contributed by atoms with van der Waals surface area (Å²) in [6.45, 7) is 1.88. The molecule has 0 saturated carbocycles. The highest BCUT2D eigenvalue weighted by molar-refractivity contribution is 9.10. The summed E-state index contributed by atoms with van der Waals surface area (Å²) < 4.78 is 2.67. The zero-order chi connectivity index (χ0) is 11.0. The molecular formula is C10H9BrClN3. The van der Waals surface area contributed by atoms with Gasteiger partial charge in [0.2, 0.25) is 0 Å². The Kier molecular flexibility index (Phi) is 2.80. The van der Waals surface area contributed by atoms with Gasteiger partial charge in [-0.05, 0) is 35.0 Å². The predicted octanol–water partition coefficient (Wildman–Crippen LogP) is 3.21. The second-order valence-electron chi connectivity index (χ2n) is 3.26. The molecule has 0 N–H and O–H groups in total. The van der Waals surface area contributed by atoms with Crippen LogP contribution in [-0.4, -0.2) is 14.8 Å². The average Bonchev–Trinajstić information content (AvgIpc) is 2.50. The molecule has 15 heavy (non-hydrogen) atoms. The lowest BCUT2D eigenvalue weighted by atomic mass is 10.2. The molecule has 0 bridgehead atoms. The lowest BCUT2D eigenvalue weighted by molar-refractivity contribution is 0.769. The van der Waals surface area contributed by atoms with Gasteiger partial charge in [-0.3, -0.25) is 4.68 Å². The molecule has 0 spiro atoms. The van der Waals surface area contributed by atoms with Crippen molar-refractivity contribution in [3.8, 4) is 11.4 Å². The molecule has 0 fully saturated rings. The summed E-state index contributed by atoms with van der Waals surface area (Å²) in [4.78, 5) is 4.38. The van der Waals surface area contributed by atoms with Gasteiger partial charge in [-0.2, -0.15) is 5.10 Å². The summed E-state index contributed by atoms with van der Waals surface area (Å²) in [6, 6.07) is 3.70. The van der Waals surface area contributed by atoms with Gasteiger partial charge in [0.15, 0.2) is 0 Å². The van der Waals surface area contributed by atoms with Crippen molar-refractivity contribution >= 4 is 27.5 Å². The molecule has 0 unspecified atom stereocenters. The lowest BCUT2D eigenvalue weighted by Gasteiger charge is -2.00. The van der Waals surface area contributed by atoms with Crippen molar-refractivity contribution in [1.82, 2.24) is 14.8 Å². The minimum atomic E-state index is 0.672. The number of rotatable bonds is 1. The minimum Gasteiger partial charge on any atom is -0.274 e. The number of aromatic nitrogens is 3. The summed E-state index contributed by atoms with van der Waals surface area (Å²) in [6.07, 6.45) is 1.89. The first kappa shape index (κ1) is 10.6. The van der Waals surface area contributed by atoms with E-state index in [4.69, 9.17) is 11.6 Å². The van der Waals surface area contributed by atoms with E-state index in [1.165, 1.54) is 0 Å². The number of hydrogen-bond donors (Lipinski definition) is 0. The molecule has 0 aromatic carbocycles. The first-order chi connectivity index (χ1) is 7.08. The molecule has 78 valence electrons. The molecule has 0 atom stereocenters. The molecule has 2 rings (SSSR count). The fourth-order valence-corrected chi connectivity index (χ4v) is 1.99. The third-order valence-corrected chi connectivity index (χ3v) is 3.03. The van der Waals surface area contributed by atoms with Crippen LogP contribution >= 0.6 is 27.5 Å². The highest BCUT2D eigenvalue weighted by atomic mass is 79.9. The van der Waals surface area contributed by atoms with E-state index in [0.29, 0.717) is 5.02 Å². The Morgan fingerprint density at radius 1 is 1.40 bits per heavy atom. The van der Waals surface area contributed by atoms with Crippen molar-refractivity contribution in [2.45, 2.75) is 6.92 Å². The lowest BCUT2D eigenvalue weighted by Crippen LogP contribution is -1.91. The van der Waals surface area contributed by atoms with E-state index in [-0.39, 0.29) is 0 Å². The molecule has 5 heteroatoms. The van der Waals surface area contributed by atoms with Gasteiger partial charge in [-0.15, -0.1) is 0 Å². The molecule has 2 aromatic rings. The van der Waals surface area contributed by atoms with Crippen molar-refractivity contribution in [3.05, 3.63) is 33.5 Å². The van der Waals surface area contributed by atoms with Crippen LogP contribution in [0.15, 0.2) is 22.8 Å². The van der Waals surface area contributed by atoms with Crippen LogP contribution in [0.25, 0.3) is 11.4 Å². The van der Waals surface area contributed by atoms with Crippen LogP contribution in [0.2, 0.25) is 5.02 Å². The Morgan fingerprint density at radius 3 is 2.67 bits per heavy atom. The topological polar surface area (TPSA) is 30.7 Å². The van der Waals surface area contributed by atoms with Crippen LogP contribution in [0.4, 0.5) is 0 Å². The number of pyridine rings is 1. The summed E-state index contributed by atoms with van der Waals surface area (Å²) in [5, 5.41) is 4.99. The highest BCUT2D eigenvalue weighted by Gasteiger charge is 2.09. The number of aryl methyl sites for hydroxylation is 2. The second-order valence-corrected chi connectivity index (χ2v) is 4.52. The van der Waals surface area contributed by atoms with Gasteiger partial charge in [0.1, 0.15) is 5.69 Å². The van der Waals surface area contributed by atoms with E-state index in [1.807, 2.05) is 32.3 Å². The van der Waals surface area contributed by atoms with Crippen LogP contribution in [0, 0.1) is 6.92 Å². The minimum absolute atomic E-state index is 0.672. The van der Waals surface area contributed by atoms with Gasteiger partial charge in [0.25, 0.3) is 0 Å². The third-order valence-electron chi connectivity index (χ3n) is 2.05. The zero-order valence-electron chi connectivity index (χ0n) is 8.33. The van der Waals surface area contributed by atoms with E-state index >= 15 is 0 Å². The maximum absolute atomic E-state index is 5.91. The first-order valence-corrected chi connectivity index (χ1v) is 5.57. The summed E-state index contributed by atoms with van der Waals surface area (Å²) in [5.74, 6) is 0. The fourth-order valence-electron chi connectivity index (χ4n) is 1.31. The number of hydrogen-bond acceptors (Lipinski definition) is 2. The Morgan fingerprint density at radius 2 is 2.13 bits per heavy atom. The monoisotopic (exact) mass is 285 g/mol. The fraction of sp³-hybridized carbons (Fsp3) is 0.200. The van der Waals surface area contributed by atoms with E-state index in [0.717, 1.165) is 21.6 Å². The van der Waals surface area contributed by atoms with E-state index in [9.17, 15) is 0 Å². The quantitative estimate of drug-likeness (QED) is 0.806. The van der Waals surface area contributed by atoms with Crippen molar-refractivity contribution in [2.24, 2.45) is 7.05 Å². The van der Waals surface area contributed by atoms with Crippen molar-refractivity contribution in [1.29, 1.82) is 0 Å². The third kappa shape index (κ3) is 2.06. The smallest absolute Gasteiger partial charge is 0.125 e. The van der Waals surface area contributed by atoms with Gasteiger partial charge in [-0.25, -0.2) is 4.98 Å². The van der Waals surface area contributed by atoms with Crippen molar-refractivity contribution in [2.75, 3.05) is 0 Å². The average molecular weight is 287 g/mol. The van der Waals surface area contributed by atoms with Gasteiger partial charge in [0, 0.05) is 13.2 Å². The molecule has 3 nitrogen and oxygen atoms in total. The molecule has 0 aliphatic heterocycles. The van der Waals surface area contributed by atoms with Crippen LogP contribution in [0.3, 0.4) is 0 Å². The number of nitrogens with zero attached hydrogens (tertiary/aromatic N) is 3. The van der Waals surface area contributed by atoms with Crippen molar-refractivity contribution < 1.29 is 0 Å². The molecule has 0 aliphatic carbocycles. The van der Waals surface area contributed by atoms with Crippen LogP contribution in [0.5, 0.6) is 0 Å². The summed E-state index contributed by atoms with van der Waals surface area (Å²) in [7, 11) is 1.87. The molecule has 0 saturated heterocycles. The number of halogens is 2. The largest absolute Gasteiger partial charge is 0.274 e. The van der Waals surface area contributed by atoms with E-state index < -0.39 is 0 Å². The normalized spacial score (nSPS) is 10.7. The maximum atomic E-state index is 5.91. The summed E-state index contributed by atoms with van der Waals surface area (Å²) >= 11 is 9.35. The van der Waals surface area contributed by atoms with Gasteiger partial charge >= 0.3 is 0 Å². The van der Waals surface area contributed by atoms with Crippen LogP contribution in [0.1, 0.15) is 5.69 Å². The molecule has 2 heterocycles. The zero-order valence-corrected chi connectivity index (χ0v) is 10.7. The van der Waals surface area contributed by atoms with Gasteiger partial charge in [0.05, 0.1) is 20.9 Å². The standard InChI is InChI=1S/C10H9BrClN3/c1-6-8(12)3-4-9(13-6)10-7(11)5-15(2)14-10/h3-5H,1-2H3. The molecule has 0 amide bonds. The second kappa shape index (κ2) is 3.94. The van der Waals surface area contributed by atoms with Crippen molar-refractivity contribution in [3.63, 3.8) is 0 Å². The Bertz CT molecular complexity index is 507. The SMILES string of the molecule is Cc1nc(-c2nn(C)cc2Br)ccc1Cl. The molecule has 0 radical (unpaired) electrons. The Hall–Kier alpha value is -0.870. The molecule has 0 aliphatic rings. The van der Waals surface area contributed by atoms with Crippen LogP contribution in [-0.2, 0) is 7.05 Å². The van der Waals surface area contributed by atoms with E-state index in [1.54, 1.807) is 4.68 Å². The Balaban J connectivity index is 2.54. The summed E-state index contributed by atoms with van der Waals surface area (Å²) in [5.41, 5.74) is 2.47. The maximum Gasteiger partial charge on any atom is 0.125 e. The predicted molar refractivity (Wildman–Crippen MR) is 63.9 cm³/mol. The Labute approximate surface area is 101 Å². The van der Waals surface area contributed by atoms with Gasteiger partial charge in [-0.1, -0.05) is 11.6 Å². The van der Waals surface area contributed by atoms with E-state index in [2.05, 4.69) is 26.0 Å². The highest BCUT2D eigenvalue weighted by Crippen LogP contribution is 2.26. The molecule has 2 aromatic heterocycles. The van der Waals surface area contributed by atoms with Crippen LogP contribution < -0.4 is 0 Å². The van der Waals surface area contributed by atoms with Gasteiger partial charge < -0.3 is 0 Å². The first-order valence-electron chi connectivity index (χ1n) is 4.40. The molecular weight excluding hydrogens is 277 g/mol.